The third kappa shape index (κ3) is 5.99. The lowest BCUT2D eigenvalue weighted by atomic mass is 9.87. The molecule has 1 fully saturated rings. The van der Waals surface area contributed by atoms with Crippen molar-refractivity contribution in [3.8, 4) is 11.5 Å². The number of hydrogen-bond donors (Lipinski definition) is 1. The molecule has 2 aromatic rings. The topological polar surface area (TPSA) is 56.8 Å². The number of amides is 1. The fraction of sp³-hybridized carbons (Fsp3) is 0.435. The lowest BCUT2D eigenvalue weighted by molar-refractivity contribution is -0.118. The van der Waals surface area contributed by atoms with Gasteiger partial charge in [-0.05, 0) is 60.2 Å². The Bertz CT molecular complexity index is 757. The summed E-state index contributed by atoms with van der Waals surface area (Å²) in [6.07, 6.45) is 2.34. The lowest BCUT2D eigenvalue weighted by Crippen LogP contribution is -2.20. The predicted octanol–water partition coefficient (Wildman–Crippen LogP) is 4.56. The Hall–Kier alpha value is -2.53. The van der Waals surface area contributed by atoms with Gasteiger partial charge in [0.15, 0.2) is 6.61 Å². The van der Waals surface area contributed by atoms with E-state index >= 15 is 0 Å². The van der Waals surface area contributed by atoms with Gasteiger partial charge in [-0.25, -0.2) is 0 Å². The standard InChI is InChI=1S/C23H29NO4/c1-23(2,3)17-6-10-19(11-7-17)28-16-22(25)24-18-8-12-20(13-9-18)27-15-21-5-4-14-26-21/h6-13,21H,4-5,14-16H2,1-3H3,(H,24,25). The van der Waals surface area contributed by atoms with Crippen LogP contribution in [-0.4, -0.2) is 31.8 Å². The average molecular weight is 383 g/mol. The summed E-state index contributed by atoms with van der Waals surface area (Å²) < 4.78 is 16.8. The minimum Gasteiger partial charge on any atom is -0.491 e. The largest absolute Gasteiger partial charge is 0.491 e. The molecule has 28 heavy (non-hydrogen) atoms. The second-order valence-corrected chi connectivity index (χ2v) is 8.08. The number of nitrogens with one attached hydrogen (secondary N) is 1. The van der Waals surface area contributed by atoms with E-state index in [1.807, 2.05) is 48.5 Å². The molecular formula is C23H29NO4. The number of carbonyl (C=O) groups excluding carboxylic acids is 1. The molecule has 1 aliphatic heterocycles. The van der Waals surface area contributed by atoms with E-state index in [9.17, 15) is 4.79 Å². The van der Waals surface area contributed by atoms with E-state index in [4.69, 9.17) is 14.2 Å². The Morgan fingerprint density at radius 1 is 1.04 bits per heavy atom. The zero-order valence-corrected chi connectivity index (χ0v) is 16.9. The van der Waals surface area contributed by atoms with Crippen LogP contribution in [0.3, 0.4) is 0 Å². The summed E-state index contributed by atoms with van der Waals surface area (Å²) in [5.41, 5.74) is 2.03. The maximum atomic E-state index is 12.1. The summed E-state index contributed by atoms with van der Waals surface area (Å²) in [7, 11) is 0. The smallest absolute Gasteiger partial charge is 0.262 e. The molecule has 1 heterocycles. The maximum Gasteiger partial charge on any atom is 0.262 e. The number of ether oxygens (including phenoxy) is 3. The zero-order valence-electron chi connectivity index (χ0n) is 16.9. The quantitative estimate of drug-likeness (QED) is 0.761. The number of anilines is 1. The van der Waals surface area contributed by atoms with Crippen LogP contribution in [0.2, 0.25) is 0 Å². The van der Waals surface area contributed by atoms with Crippen molar-refractivity contribution >= 4 is 11.6 Å². The molecule has 1 atom stereocenters. The van der Waals surface area contributed by atoms with Crippen molar-refractivity contribution in [2.45, 2.75) is 45.1 Å². The molecule has 0 aliphatic carbocycles. The molecule has 5 nitrogen and oxygen atoms in total. The Morgan fingerprint density at radius 3 is 2.29 bits per heavy atom. The molecule has 0 saturated carbocycles. The summed E-state index contributed by atoms with van der Waals surface area (Å²) >= 11 is 0. The fourth-order valence-corrected chi connectivity index (χ4v) is 3.00. The van der Waals surface area contributed by atoms with Gasteiger partial charge in [0.2, 0.25) is 0 Å². The van der Waals surface area contributed by atoms with Crippen molar-refractivity contribution < 1.29 is 19.0 Å². The van der Waals surface area contributed by atoms with Crippen LogP contribution in [-0.2, 0) is 14.9 Å². The number of hydrogen-bond acceptors (Lipinski definition) is 4. The summed E-state index contributed by atoms with van der Waals surface area (Å²) in [5, 5.41) is 2.83. The van der Waals surface area contributed by atoms with Crippen LogP contribution in [0.25, 0.3) is 0 Å². The molecule has 0 spiro atoms. The molecule has 3 rings (SSSR count). The zero-order chi connectivity index (χ0) is 20.0. The Balaban J connectivity index is 1.42. The molecule has 1 unspecified atom stereocenters. The van der Waals surface area contributed by atoms with Crippen molar-refractivity contribution in [2.75, 3.05) is 25.1 Å². The monoisotopic (exact) mass is 383 g/mol. The first-order chi connectivity index (χ1) is 13.4. The summed E-state index contributed by atoms with van der Waals surface area (Å²) in [6.45, 7) is 7.83. The average Bonchev–Trinajstić information content (AvgIpc) is 3.19. The third-order valence-electron chi connectivity index (χ3n) is 4.69. The highest BCUT2D eigenvalue weighted by Gasteiger charge is 2.16. The van der Waals surface area contributed by atoms with Gasteiger partial charge in [0.1, 0.15) is 18.1 Å². The highest BCUT2D eigenvalue weighted by atomic mass is 16.5. The molecule has 1 aliphatic rings. The van der Waals surface area contributed by atoms with Gasteiger partial charge in [0.05, 0.1) is 6.10 Å². The van der Waals surface area contributed by atoms with Gasteiger partial charge >= 0.3 is 0 Å². The fourth-order valence-electron chi connectivity index (χ4n) is 3.00. The van der Waals surface area contributed by atoms with Crippen LogP contribution in [0.15, 0.2) is 48.5 Å². The third-order valence-corrected chi connectivity index (χ3v) is 4.69. The first-order valence-corrected chi connectivity index (χ1v) is 9.78. The second kappa shape index (κ2) is 9.11. The minimum atomic E-state index is -0.201. The van der Waals surface area contributed by atoms with Crippen LogP contribution in [0.5, 0.6) is 11.5 Å². The summed E-state index contributed by atoms with van der Waals surface area (Å²) in [6, 6.07) is 15.2. The molecule has 1 amide bonds. The van der Waals surface area contributed by atoms with E-state index in [2.05, 4.69) is 26.1 Å². The first-order valence-electron chi connectivity index (χ1n) is 9.78. The lowest BCUT2D eigenvalue weighted by Gasteiger charge is -2.19. The predicted molar refractivity (Wildman–Crippen MR) is 110 cm³/mol. The Morgan fingerprint density at radius 2 is 1.68 bits per heavy atom. The Kier molecular flexibility index (Phi) is 6.57. The molecule has 0 bridgehead atoms. The van der Waals surface area contributed by atoms with Gasteiger partial charge in [-0.15, -0.1) is 0 Å². The minimum absolute atomic E-state index is 0.0356. The van der Waals surface area contributed by atoms with Gasteiger partial charge < -0.3 is 19.5 Å². The van der Waals surface area contributed by atoms with Crippen molar-refractivity contribution in [3.63, 3.8) is 0 Å². The van der Waals surface area contributed by atoms with Gasteiger partial charge in [-0.1, -0.05) is 32.9 Å². The number of rotatable bonds is 7. The van der Waals surface area contributed by atoms with Crippen LogP contribution >= 0.6 is 0 Å². The molecule has 1 N–H and O–H groups in total. The highest BCUT2D eigenvalue weighted by Crippen LogP contribution is 2.24. The Labute approximate surface area is 167 Å². The van der Waals surface area contributed by atoms with E-state index < -0.39 is 0 Å². The maximum absolute atomic E-state index is 12.1. The molecular weight excluding hydrogens is 354 g/mol. The van der Waals surface area contributed by atoms with Crippen molar-refractivity contribution in [1.82, 2.24) is 0 Å². The highest BCUT2D eigenvalue weighted by molar-refractivity contribution is 5.91. The molecule has 2 aromatic carbocycles. The van der Waals surface area contributed by atoms with Gasteiger partial charge in [-0.2, -0.15) is 0 Å². The molecule has 1 saturated heterocycles. The molecule has 5 heteroatoms. The van der Waals surface area contributed by atoms with E-state index in [0.717, 1.165) is 25.2 Å². The summed E-state index contributed by atoms with van der Waals surface area (Å²) in [5.74, 6) is 1.25. The van der Waals surface area contributed by atoms with E-state index in [-0.39, 0.29) is 24.0 Å². The van der Waals surface area contributed by atoms with Crippen LogP contribution in [0.4, 0.5) is 5.69 Å². The van der Waals surface area contributed by atoms with E-state index in [0.29, 0.717) is 18.0 Å². The van der Waals surface area contributed by atoms with Crippen molar-refractivity contribution in [1.29, 1.82) is 0 Å². The van der Waals surface area contributed by atoms with E-state index in [1.165, 1.54) is 5.56 Å². The van der Waals surface area contributed by atoms with Crippen molar-refractivity contribution in [2.24, 2.45) is 0 Å². The number of benzene rings is 2. The van der Waals surface area contributed by atoms with Gasteiger partial charge in [0.25, 0.3) is 5.91 Å². The molecule has 0 aromatic heterocycles. The van der Waals surface area contributed by atoms with Gasteiger partial charge in [-0.3, -0.25) is 4.79 Å². The second-order valence-electron chi connectivity index (χ2n) is 8.08. The number of carbonyl (C=O) groups is 1. The van der Waals surface area contributed by atoms with Gasteiger partial charge in [0, 0.05) is 12.3 Å². The normalized spacial score (nSPS) is 16.6. The van der Waals surface area contributed by atoms with E-state index in [1.54, 1.807) is 0 Å². The SMILES string of the molecule is CC(C)(C)c1ccc(OCC(=O)Nc2ccc(OCC3CCCO3)cc2)cc1. The molecule has 150 valence electrons. The van der Waals surface area contributed by atoms with Crippen molar-refractivity contribution in [3.05, 3.63) is 54.1 Å². The van der Waals surface area contributed by atoms with Crippen LogP contribution < -0.4 is 14.8 Å². The molecule has 0 radical (unpaired) electrons. The summed E-state index contributed by atoms with van der Waals surface area (Å²) in [4.78, 5) is 12.1. The van der Waals surface area contributed by atoms with Crippen LogP contribution in [0, 0.1) is 0 Å². The van der Waals surface area contributed by atoms with Crippen LogP contribution in [0.1, 0.15) is 39.2 Å². The first kappa shape index (κ1) is 20.2.